The van der Waals surface area contributed by atoms with Crippen molar-refractivity contribution in [3.05, 3.63) is 33.6 Å². The molecule has 0 spiro atoms. The first-order chi connectivity index (χ1) is 7.15. The molecule has 0 aliphatic heterocycles. The quantitative estimate of drug-likeness (QED) is 0.419. The van der Waals surface area contributed by atoms with Gasteiger partial charge in [0.2, 0.25) is 0 Å². The lowest BCUT2D eigenvalue weighted by atomic mass is 10.2. The smallest absolute Gasteiger partial charge is 0.298 e. The zero-order valence-corrected chi connectivity index (χ0v) is 9.42. The molecule has 0 bridgehead atoms. The molecule has 0 N–H and O–H groups in total. The number of benzene rings is 1. The Bertz CT molecular complexity index is 347. The van der Waals surface area contributed by atoms with E-state index in [1.165, 1.54) is 12.1 Å². The second-order valence-electron chi connectivity index (χ2n) is 2.70. The van der Waals surface area contributed by atoms with Gasteiger partial charge in [-0.15, -0.1) is 0 Å². The van der Waals surface area contributed by atoms with E-state index in [1.807, 2.05) is 0 Å². The van der Waals surface area contributed by atoms with Crippen LogP contribution in [0.1, 0.15) is 17.3 Å². The number of carbonyl (C=O) groups excluding carboxylic acids is 1. The summed E-state index contributed by atoms with van der Waals surface area (Å²) in [5.74, 6) is -0.695. The number of carbonyl (C=O) groups is 1. The van der Waals surface area contributed by atoms with Crippen LogP contribution < -0.4 is 0 Å². The highest BCUT2D eigenvalue weighted by atomic mass is 35.5. The summed E-state index contributed by atoms with van der Waals surface area (Å²) >= 11 is 10.8. The Morgan fingerprint density at radius 2 is 1.50 bits per heavy atom. The molecule has 0 heterocycles. The lowest BCUT2D eigenvalue weighted by molar-refractivity contribution is -0.110. The minimum Gasteiger partial charge on any atom is -0.298 e. The van der Waals surface area contributed by atoms with Gasteiger partial charge in [0.15, 0.2) is 5.82 Å². The van der Waals surface area contributed by atoms with E-state index in [0.29, 0.717) is 6.29 Å². The van der Waals surface area contributed by atoms with Gasteiger partial charge in [0.1, 0.15) is 6.29 Å². The Balaban J connectivity index is 0.000000385. The van der Waals surface area contributed by atoms with Gasteiger partial charge in [0, 0.05) is 12.5 Å². The molecular weight excluding hydrogens is 271 g/mol. The molecule has 0 saturated heterocycles. The van der Waals surface area contributed by atoms with E-state index >= 15 is 0 Å². The summed E-state index contributed by atoms with van der Waals surface area (Å²) in [7, 11) is 0. The molecular formula is C9H6Cl2F4O. The van der Waals surface area contributed by atoms with E-state index in [2.05, 4.69) is 0 Å². The number of halogens is 6. The number of alkyl halides is 3. The van der Waals surface area contributed by atoms with Crippen molar-refractivity contribution in [2.45, 2.75) is 13.1 Å². The number of hydrogen-bond donors (Lipinski definition) is 0. The number of hydrogen-bond acceptors (Lipinski definition) is 1. The molecule has 0 fully saturated rings. The second kappa shape index (κ2) is 6.06. The van der Waals surface area contributed by atoms with Gasteiger partial charge in [0.25, 0.3) is 0 Å². The summed E-state index contributed by atoms with van der Waals surface area (Å²) in [6.07, 6.45) is -3.45. The van der Waals surface area contributed by atoms with Crippen molar-refractivity contribution in [3.8, 4) is 0 Å². The van der Waals surface area contributed by atoms with Gasteiger partial charge in [-0.1, -0.05) is 23.2 Å². The molecule has 0 aromatic heterocycles. The molecule has 16 heavy (non-hydrogen) atoms. The van der Waals surface area contributed by atoms with E-state index in [0.717, 1.165) is 0 Å². The average Bonchev–Trinajstić information content (AvgIpc) is 2.10. The van der Waals surface area contributed by atoms with Crippen LogP contribution in [0.15, 0.2) is 12.1 Å². The van der Waals surface area contributed by atoms with Crippen LogP contribution in [0, 0.1) is 5.82 Å². The van der Waals surface area contributed by atoms with Gasteiger partial charge in [-0.2, -0.15) is 13.2 Å². The van der Waals surface area contributed by atoms with Gasteiger partial charge in [-0.25, -0.2) is 4.39 Å². The SMILES string of the molecule is CC(F)(F)F.O=Cc1cc(Cl)c(F)c(Cl)c1. The van der Waals surface area contributed by atoms with Gasteiger partial charge < -0.3 is 0 Å². The molecule has 1 aromatic rings. The van der Waals surface area contributed by atoms with Crippen molar-refractivity contribution in [1.82, 2.24) is 0 Å². The van der Waals surface area contributed by atoms with Crippen molar-refractivity contribution in [2.24, 2.45) is 0 Å². The molecule has 0 radical (unpaired) electrons. The number of aldehydes is 1. The van der Waals surface area contributed by atoms with Crippen LogP contribution in [-0.4, -0.2) is 12.5 Å². The second-order valence-corrected chi connectivity index (χ2v) is 3.51. The minimum atomic E-state index is -4.00. The highest BCUT2D eigenvalue weighted by Gasteiger charge is 2.15. The van der Waals surface area contributed by atoms with Crippen LogP contribution in [0.2, 0.25) is 10.0 Å². The molecule has 0 aliphatic rings. The molecule has 7 heteroatoms. The zero-order chi connectivity index (χ0) is 12.9. The van der Waals surface area contributed by atoms with E-state index < -0.39 is 12.0 Å². The predicted octanol–water partition coefficient (Wildman–Crippen LogP) is 4.51. The molecule has 0 aliphatic carbocycles. The first-order valence-electron chi connectivity index (χ1n) is 3.81. The van der Waals surface area contributed by atoms with Crippen LogP contribution in [0.25, 0.3) is 0 Å². The van der Waals surface area contributed by atoms with Crippen molar-refractivity contribution in [3.63, 3.8) is 0 Å². The maximum Gasteiger partial charge on any atom is 0.386 e. The van der Waals surface area contributed by atoms with Gasteiger partial charge >= 0.3 is 6.18 Å². The lowest BCUT2D eigenvalue weighted by Gasteiger charge is -1.97. The predicted molar refractivity (Wildman–Crippen MR) is 53.5 cm³/mol. The van der Waals surface area contributed by atoms with Crippen LogP contribution in [0.5, 0.6) is 0 Å². The largest absolute Gasteiger partial charge is 0.386 e. The molecule has 90 valence electrons. The summed E-state index contributed by atoms with van der Waals surface area (Å²) in [5, 5.41) is -0.279. The van der Waals surface area contributed by atoms with Crippen molar-refractivity contribution in [1.29, 1.82) is 0 Å². The van der Waals surface area contributed by atoms with Crippen molar-refractivity contribution >= 4 is 29.5 Å². The number of rotatable bonds is 1. The highest BCUT2D eigenvalue weighted by molar-refractivity contribution is 6.35. The van der Waals surface area contributed by atoms with E-state index in [-0.39, 0.29) is 22.5 Å². The Labute approximate surface area is 99.0 Å². The third kappa shape index (κ3) is 6.63. The van der Waals surface area contributed by atoms with Crippen LogP contribution in [-0.2, 0) is 0 Å². The van der Waals surface area contributed by atoms with Crippen LogP contribution >= 0.6 is 23.2 Å². The van der Waals surface area contributed by atoms with Crippen molar-refractivity contribution < 1.29 is 22.4 Å². The van der Waals surface area contributed by atoms with Crippen molar-refractivity contribution in [2.75, 3.05) is 0 Å². The zero-order valence-electron chi connectivity index (χ0n) is 7.91. The Morgan fingerprint density at radius 3 is 1.75 bits per heavy atom. The average molecular weight is 277 g/mol. The first kappa shape index (κ1) is 15.2. The first-order valence-corrected chi connectivity index (χ1v) is 4.57. The molecule has 1 nitrogen and oxygen atoms in total. The maximum atomic E-state index is 12.7. The fourth-order valence-electron chi connectivity index (χ4n) is 0.643. The highest BCUT2D eigenvalue weighted by Crippen LogP contribution is 2.23. The maximum absolute atomic E-state index is 12.7. The Kier molecular flexibility index (Phi) is 5.75. The monoisotopic (exact) mass is 276 g/mol. The molecule has 0 atom stereocenters. The standard InChI is InChI=1S/C7H3Cl2FO.C2H3F3/c8-5-1-4(3-11)2-6(9)7(5)10;1-2(3,4)5/h1-3H;1H3. The summed E-state index contributed by atoms with van der Waals surface area (Å²) < 4.78 is 43.7. The Morgan fingerprint density at radius 1 is 1.19 bits per heavy atom. The summed E-state index contributed by atoms with van der Waals surface area (Å²) in [6, 6.07) is 2.44. The molecule has 0 unspecified atom stereocenters. The van der Waals surface area contributed by atoms with Crippen LogP contribution in [0.3, 0.4) is 0 Å². The fourth-order valence-corrected chi connectivity index (χ4v) is 1.15. The fraction of sp³-hybridized carbons (Fsp3) is 0.222. The van der Waals surface area contributed by atoms with E-state index in [4.69, 9.17) is 23.2 Å². The van der Waals surface area contributed by atoms with E-state index in [9.17, 15) is 22.4 Å². The molecule has 1 aromatic carbocycles. The van der Waals surface area contributed by atoms with Gasteiger partial charge in [0.05, 0.1) is 10.0 Å². The third-order valence-corrected chi connectivity index (χ3v) is 1.69. The third-order valence-electron chi connectivity index (χ3n) is 1.14. The van der Waals surface area contributed by atoms with Crippen LogP contribution in [0.4, 0.5) is 17.6 Å². The summed E-state index contributed by atoms with van der Waals surface area (Å²) in [6.45, 7) is 0.188. The normalized spacial score (nSPS) is 10.4. The van der Waals surface area contributed by atoms with Gasteiger partial charge in [-0.05, 0) is 12.1 Å². The lowest BCUT2D eigenvalue weighted by Crippen LogP contribution is -1.95. The molecule has 1 rings (SSSR count). The minimum absolute atomic E-state index is 0.139. The molecule has 0 saturated carbocycles. The van der Waals surface area contributed by atoms with Gasteiger partial charge in [-0.3, -0.25) is 4.79 Å². The van der Waals surface area contributed by atoms with E-state index in [1.54, 1.807) is 0 Å². The Hall–Kier alpha value is -0.810. The summed E-state index contributed by atoms with van der Waals surface area (Å²) in [4.78, 5) is 10.2. The summed E-state index contributed by atoms with van der Waals surface area (Å²) in [5.41, 5.74) is 0.265. The topological polar surface area (TPSA) is 17.1 Å². The molecule has 0 amide bonds.